The van der Waals surface area contributed by atoms with Crippen LogP contribution in [-0.2, 0) is 33.8 Å². The molecule has 0 bridgehead atoms. The molecule has 3 aliphatic heterocycles. The van der Waals surface area contributed by atoms with E-state index in [4.69, 9.17) is 14.2 Å². The van der Waals surface area contributed by atoms with E-state index in [1.54, 1.807) is 13.8 Å². The van der Waals surface area contributed by atoms with Gasteiger partial charge in [-0.25, -0.2) is 18.0 Å². The van der Waals surface area contributed by atoms with Crippen molar-refractivity contribution < 1.29 is 41.9 Å². The number of non-ortho nitro benzene ring substituents is 1. The van der Waals surface area contributed by atoms with Crippen LogP contribution in [0.2, 0.25) is 0 Å². The van der Waals surface area contributed by atoms with Gasteiger partial charge in [0.05, 0.1) is 33.7 Å². The van der Waals surface area contributed by atoms with Gasteiger partial charge in [-0.1, -0.05) is 24.3 Å². The predicted molar refractivity (Wildman–Crippen MR) is 145 cm³/mol. The highest BCUT2D eigenvalue weighted by molar-refractivity contribution is 7.90. The molecule has 0 aliphatic carbocycles. The Labute approximate surface area is 240 Å². The molecule has 0 spiro atoms. The normalized spacial score (nSPS) is 21.2. The van der Waals surface area contributed by atoms with Crippen LogP contribution in [0, 0.1) is 10.1 Å². The van der Waals surface area contributed by atoms with Crippen LogP contribution in [0.25, 0.3) is 0 Å². The van der Waals surface area contributed by atoms with Crippen molar-refractivity contribution in [2.24, 2.45) is 0 Å². The molecule has 220 valence electrons. The number of nitro groups is 1. The first-order chi connectivity index (χ1) is 20.0. The molecule has 13 nitrogen and oxygen atoms in total. The minimum absolute atomic E-state index is 0.0170. The summed E-state index contributed by atoms with van der Waals surface area (Å²) in [6, 6.07) is 11.1. The molecule has 0 saturated carbocycles. The van der Waals surface area contributed by atoms with Crippen LogP contribution >= 0.6 is 0 Å². The summed E-state index contributed by atoms with van der Waals surface area (Å²) in [5.74, 6) is -3.82. The Morgan fingerprint density at radius 3 is 2.40 bits per heavy atom. The van der Waals surface area contributed by atoms with Crippen molar-refractivity contribution in [1.82, 2.24) is 9.62 Å². The van der Waals surface area contributed by atoms with Crippen molar-refractivity contribution in [2.45, 2.75) is 43.6 Å². The monoisotopic (exact) mass is 597 g/mol. The van der Waals surface area contributed by atoms with E-state index in [9.17, 15) is 32.9 Å². The van der Waals surface area contributed by atoms with Crippen LogP contribution in [0.3, 0.4) is 0 Å². The molecule has 42 heavy (non-hydrogen) atoms. The lowest BCUT2D eigenvalue weighted by Gasteiger charge is -2.31. The van der Waals surface area contributed by atoms with Crippen LogP contribution in [0.4, 0.5) is 5.69 Å². The number of dihydropyridines is 1. The Balaban J connectivity index is 1.46. The molecule has 2 unspecified atom stereocenters. The average molecular weight is 598 g/mol. The standard InChI is InChI=1S/C28H27N3O10S/c1-16-23(27(33)40-14-20-9-6-12-39-20)25(18-7-5-8-19(13-18)31(35)36)24(17(2)29-16)28(34)41-15-30-26(32)21-10-3-4-11-22(21)42(30,37)38/h3-5,7-8,10-11,13,20,25,29H,6,9,12,14-15H2,1-2H3. The van der Waals surface area contributed by atoms with Gasteiger partial charge in [-0.2, -0.15) is 4.31 Å². The number of sulfonamides is 1. The Morgan fingerprint density at radius 1 is 1.07 bits per heavy atom. The van der Waals surface area contributed by atoms with E-state index in [1.165, 1.54) is 48.5 Å². The van der Waals surface area contributed by atoms with E-state index >= 15 is 0 Å². The van der Waals surface area contributed by atoms with Crippen LogP contribution in [0.5, 0.6) is 0 Å². The summed E-state index contributed by atoms with van der Waals surface area (Å²) in [4.78, 5) is 50.6. The number of ether oxygens (including phenoxy) is 3. The van der Waals surface area contributed by atoms with Gasteiger partial charge >= 0.3 is 11.9 Å². The number of fused-ring (bicyclic) bond motifs is 1. The van der Waals surface area contributed by atoms with Gasteiger partial charge in [0, 0.05) is 30.1 Å². The molecule has 5 rings (SSSR count). The summed E-state index contributed by atoms with van der Waals surface area (Å²) in [6.45, 7) is 2.77. The van der Waals surface area contributed by atoms with Crippen molar-refractivity contribution >= 4 is 33.6 Å². The summed E-state index contributed by atoms with van der Waals surface area (Å²) >= 11 is 0. The third-order valence-corrected chi connectivity index (χ3v) is 9.03. The van der Waals surface area contributed by atoms with E-state index in [0.29, 0.717) is 16.6 Å². The Bertz CT molecular complexity index is 1660. The third kappa shape index (κ3) is 5.25. The maximum atomic E-state index is 13.6. The van der Waals surface area contributed by atoms with Crippen LogP contribution in [0.15, 0.2) is 76.0 Å². The fourth-order valence-electron chi connectivity index (χ4n) is 5.26. The number of nitrogens with one attached hydrogen (secondary N) is 1. The van der Waals surface area contributed by atoms with Gasteiger partial charge in [0.25, 0.3) is 21.6 Å². The third-order valence-electron chi connectivity index (χ3n) is 7.26. The molecule has 2 aromatic carbocycles. The molecule has 1 fully saturated rings. The number of allylic oxidation sites excluding steroid dienone is 2. The van der Waals surface area contributed by atoms with Crippen molar-refractivity contribution in [1.29, 1.82) is 0 Å². The lowest BCUT2D eigenvalue weighted by molar-refractivity contribution is -0.384. The second kappa shape index (κ2) is 11.4. The van der Waals surface area contributed by atoms with Gasteiger partial charge in [-0.3, -0.25) is 14.9 Å². The lowest BCUT2D eigenvalue weighted by atomic mass is 9.80. The van der Waals surface area contributed by atoms with Gasteiger partial charge in [0.15, 0.2) is 6.73 Å². The quantitative estimate of drug-likeness (QED) is 0.269. The van der Waals surface area contributed by atoms with E-state index in [1.807, 2.05) is 0 Å². The summed E-state index contributed by atoms with van der Waals surface area (Å²) in [7, 11) is -4.26. The molecule has 14 heteroatoms. The smallest absolute Gasteiger partial charge is 0.338 e. The molecule has 1 N–H and O–H groups in total. The molecule has 0 aromatic heterocycles. The highest BCUT2D eigenvalue weighted by Crippen LogP contribution is 2.40. The van der Waals surface area contributed by atoms with Gasteiger partial charge in [0.2, 0.25) is 0 Å². The number of carbonyl (C=O) groups excluding carboxylic acids is 3. The highest BCUT2D eigenvalue weighted by Gasteiger charge is 2.43. The fourth-order valence-corrected chi connectivity index (χ4v) is 6.69. The Morgan fingerprint density at radius 2 is 1.76 bits per heavy atom. The summed E-state index contributed by atoms with van der Waals surface area (Å²) < 4.78 is 42.8. The van der Waals surface area contributed by atoms with E-state index in [0.717, 1.165) is 12.8 Å². The number of carbonyl (C=O) groups is 3. The Hall–Kier alpha value is -4.56. The fraction of sp³-hybridized carbons (Fsp3) is 0.321. The number of rotatable bonds is 8. The zero-order chi connectivity index (χ0) is 30.2. The van der Waals surface area contributed by atoms with E-state index in [-0.39, 0.29) is 51.3 Å². The Kier molecular flexibility index (Phi) is 7.84. The van der Waals surface area contributed by atoms with Gasteiger partial charge in [-0.05, 0) is 44.4 Å². The minimum Gasteiger partial charge on any atom is -0.459 e. The van der Waals surface area contributed by atoms with Crippen molar-refractivity contribution in [2.75, 3.05) is 19.9 Å². The lowest BCUT2D eigenvalue weighted by Crippen LogP contribution is -2.36. The first kappa shape index (κ1) is 29.0. The predicted octanol–water partition coefficient (Wildman–Crippen LogP) is 2.90. The second-order valence-corrected chi connectivity index (χ2v) is 11.8. The number of hydrogen-bond donors (Lipinski definition) is 1. The van der Waals surface area contributed by atoms with Crippen molar-refractivity contribution in [3.05, 3.63) is 92.3 Å². The summed E-state index contributed by atoms with van der Waals surface area (Å²) in [5.41, 5.74) is 0.446. The maximum Gasteiger partial charge on any atom is 0.338 e. The molecular formula is C28H27N3O10S. The molecule has 0 radical (unpaired) electrons. The van der Waals surface area contributed by atoms with Gasteiger partial charge in [-0.15, -0.1) is 0 Å². The minimum atomic E-state index is -4.26. The molecule has 2 aromatic rings. The number of esters is 2. The van der Waals surface area contributed by atoms with Crippen LogP contribution in [-0.4, -0.2) is 61.5 Å². The summed E-state index contributed by atoms with van der Waals surface area (Å²) in [5, 5.41) is 14.5. The largest absolute Gasteiger partial charge is 0.459 e. The maximum absolute atomic E-state index is 13.6. The topological polar surface area (TPSA) is 171 Å². The van der Waals surface area contributed by atoms with Gasteiger partial charge in [0.1, 0.15) is 11.5 Å². The number of hydrogen-bond acceptors (Lipinski definition) is 11. The number of benzene rings is 2. The molecule has 2 atom stereocenters. The molecule has 1 saturated heterocycles. The van der Waals surface area contributed by atoms with E-state index in [2.05, 4.69) is 5.32 Å². The van der Waals surface area contributed by atoms with Crippen LogP contribution in [0.1, 0.15) is 48.5 Å². The average Bonchev–Trinajstić information content (AvgIpc) is 3.55. The van der Waals surface area contributed by atoms with Crippen LogP contribution < -0.4 is 5.32 Å². The molecule has 3 aliphatic rings. The molecule has 1 amide bonds. The molecular weight excluding hydrogens is 570 g/mol. The number of nitro benzene ring substituents is 1. The first-order valence-corrected chi connectivity index (χ1v) is 14.5. The number of amides is 1. The highest BCUT2D eigenvalue weighted by atomic mass is 32.2. The molecule has 3 heterocycles. The zero-order valence-corrected chi connectivity index (χ0v) is 23.5. The first-order valence-electron chi connectivity index (χ1n) is 13.1. The zero-order valence-electron chi connectivity index (χ0n) is 22.7. The SMILES string of the molecule is CC1=C(C(=O)OCC2CCCO2)C(c2cccc([N+](=O)[O-])c2)C(C(=O)OCN2C(=O)c3ccccc3S2(=O)=O)=C(C)N1. The van der Waals surface area contributed by atoms with Crippen molar-refractivity contribution in [3.63, 3.8) is 0 Å². The summed E-state index contributed by atoms with van der Waals surface area (Å²) in [6.07, 6.45) is 1.28. The van der Waals surface area contributed by atoms with E-state index < -0.39 is 45.4 Å². The number of nitrogens with zero attached hydrogens (tertiary/aromatic N) is 2. The van der Waals surface area contributed by atoms with Crippen molar-refractivity contribution in [3.8, 4) is 0 Å². The second-order valence-electron chi connectivity index (χ2n) is 9.94. The van der Waals surface area contributed by atoms with Gasteiger partial charge < -0.3 is 19.5 Å².